The average molecular weight is 186 g/mol. The van der Waals surface area contributed by atoms with E-state index >= 15 is 0 Å². The molecule has 2 rings (SSSR count). The second-order valence-electron chi connectivity index (χ2n) is 5.41. The topological polar surface area (TPSA) is 60.7 Å². The highest BCUT2D eigenvalue weighted by Gasteiger charge is 2.73. The number of aliphatic hydroxyl groups is 3. The molecule has 2 bridgehead atoms. The molecule has 76 valence electrons. The number of hydrogen-bond acceptors (Lipinski definition) is 3. The molecule has 0 aromatic heterocycles. The normalized spacial score (nSPS) is 58.6. The zero-order chi connectivity index (χ0) is 10.1. The fraction of sp³-hybridized carbons (Fsp3) is 1.00. The van der Waals surface area contributed by atoms with Crippen molar-refractivity contribution in [3.05, 3.63) is 0 Å². The predicted octanol–water partition coefficient (Wildman–Crippen LogP) is 0.279. The van der Waals surface area contributed by atoms with Gasteiger partial charge in [-0.1, -0.05) is 20.8 Å². The summed E-state index contributed by atoms with van der Waals surface area (Å²) in [4.78, 5) is 0. The van der Waals surface area contributed by atoms with Gasteiger partial charge in [0.1, 0.15) is 0 Å². The molecule has 3 heteroatoms. The monoisotopic (exact) mass is 186 g/mol. The summed E-state index contributed by atoms with van der Waals surface area (Å²) in [5.74, 6) is 0. The summed E-state index contributed by atoms with van der Waals surface area (Å²) in [5, 5.41) is 29.8. The van der Waals surface area contributed by atoms with Gasteiger partial charge in [0.15, 0.2) is 0 Å². The number of rotatable bonds is 0. The lowest BCUT2D eigenvalue weighted by Gasteiger charge is -2.37. The van der Waals surface area contributed by atoms with E-state index in [1.54, 1.807) is 0 Å². The van der Waals surface area contributed by atoms with E-state index in [4.69, 9.17) is 0 Å². The molecule has 0 spiro atoms. The quantitative estimate of drug-likeness (QED) is 0.509. The Morgan fingerprint density at radius 1 is 1.00 bits per heavy atom. The van der Waals surface area contributed by atoms with Crippen molar-refractivity contribution in [2.45, 2.75) is 51.4 Å². The van der Waals surface area contributed by atoms with Gasteiger partial charge in [-0.2, -0.15) is 0 Å². The lowest BCUT2D eigenvalue weighted by atomic mass is 9.69. The van der Waals surface area contributed by atoms with Gasteiger partial charge in [0, 0.05) is 17.3 Å². The van der Waals surface area contributed by atoms with Crippen LogP contribution in [0.5, 0.6) is 0 Å². The van der Waals surface area contributed by atoms with E-state index in [1.165, 1.54) is 0 Å². The predicted molar refractivity (Wildman–Crippen MR) is 48.1 cm³/mol. The third kappa shape index (κ3) is 0.729. The first-order valence-corrected chi connectivity index (χ1v) is 4.84. The van der Waals surface area contributed by atoms with Crippen LogP contribution < -0.4 is 0 Å². The van der Waals surface area contributed by atoms with E-state index in [9.17, 15) is 15.3 Å². The van der Waals surface area contributed by atoms with Gasteiger partial charge >= 0.3 is 0 Å². The third-order valence-electron chi connectivity index (χ3n) is 4.92. The van der Waals surface area contributed by atoms with Gasteiger partial charge in [0.25, 0.3) is 0 Å². The van der Waals surface area contributed by atoms with Crippen molar-refractivity contribution in [1.29, 1.82) is 0 Å². The zero-order valence-electron chi connectivity index (χ0n) is 8.41. The molecule has 0 aliphatic heterocycles. The Morgan fingerprint density at radius 3 is 1.77 bits per heavy atom. The van der Waals surface area contributed by atoms with Gasteiger partial charge < -0.3 is 15.3 Å². The van der Waals surface area contributed by atoms with E-state index in [-0.39, 0.29) is 5.41 Å². The molecule has 2 aliphatic rings. The SMILES string of the molecule is CC1(C)[C@]2(C)C[C@H](O)[C@@]1(O)C[C@H]2O. The Labute approximate surface area is 78.4 Å². The average Bonchev–Trinajstić information content (AvgIpc) is 2.18. The minimum Gasteiger partial charge on any atom is -0.392 e. The van der Waals surface area contributed by atoms with E-state index in [0.717, 1.165) is 0 Å². The van der Waals surface area contributed by atoms with Crippen LogP contribution in [0.25, 0.3) is 0 Å². The van der Waals surface area contributed by atoms with E-state index in [2.05, 4.69) is 0 Å². The number of fused-ring (bicyclic) bond motifs is 2. The second kappa shape index (κ2) is 2.10. The van der Waals surface area contributed by atoms with Crippen molar-refractivity contribution in [1.82, 2.24) is 0 Å². The summed E-state index contributed by atoms with van der Waals surface area (Å²) < 4.78 is 0. The molecule has 0 aromatic rings. The molecule has 0 saturated heterocycles. The Kier molecular flexibility index (Phi) is 1.52. The van der Waals surface area contributed by atoms with E-state index < -0.39 is 23.2 Å². The maximum absolute atomic E-state index is 10.3. The van der Waals surface area contributed by atoms with Gasteiger partial charge in [0.2, 0.25) is 0 Å². The molecule has 0 radical (unpaired) electrons. The fourth-order valence-corrected chi connectivity index (χ4v) is 3.20. The molecule has 0 aromatic carbocycles. The van der Waals surface area contributed by atoms with Crippen molar-refractivity contribution in [3.8, 4) is 0 Å². The molecule has 3 N–H and O–H groups in total. The van der Waals surface area contributed by atoms with Crippen molar-refractivity contribution in [2.75, 3.05) is 0 Å². The lowest BCUT2D eigenvalue weighted by Crippen LogP contribution is -2.46. The van der Waals surface area contributed by atoms with Crippen LogP contribution in [0.3, 0.4) is 0 Å². The first-order valence-electron chi connectivity index (χ1n) is 4.84. The number of aliphatic hydroxyl groups excluding tert-OH is 2. The third-order valence-corrected chi connectivity index (χ3v) is 4.92. The number of hydrogen-bond donors (Lipinski definition) is 3. The molecule has 0 heterocycles. The van der Waals surface area contributed by atoms with Crippen molar-refractivity contribution in [2.24, 2.45) is 10.8 Å². The summed E-state index contributed by atoms with van der Waals surface area (Å²) in [6.45, 7) is 5.81. The maximum atomic E-state index is 10.3. The smallest absolute Gasteiger partial charge is 0.0987 e. The highest BCUT2D eigenvalue weighted by Crippen LogP contribution is 2.67. The largest absolute Gasteiger partial charge is 0.392 e. The van der Waals surface area contributed by atoms with Gasteiger partial charge in [-0.3, -0.25) is 0 Å². The van der Waals surface area contributed by atoms with Gasteiger partial charge in [0.05, 0.1) is 17.8 Å². The minimum atomic E-state index is -1.10. The summed E-state index contributed by atoms with van der Waals surface area (Å²) >= 11 is 0. The first-order chi connectivity index (χ1) is 5.76. The van der Waals surface area contributed by atoms with Crippen molar-refractivity contribution >= 4 is 0 Å². The van der Waals surface area contributed by atoms with Gasteiger partial charge in [-0.05, 0) is 6.42 Å². The van der Waals surface area contributed by atoms with Crippen LogP contribution in [0.2, 0.25) is 0 Å². The van der Waals surface area contributed by atoms with Crippen LogP contribution in [0, 0.1) is 10.8 Å². The summed E-state index contributed by atoms with van der Waals surface area (Å²) in [7, 11) is 0. The van der Waals surface area contributed by atoms with Crippen LogP contribution in [-0.2, 0) is 0 Å². The van der Waals surface area contributed by atoms with Crippen LogP contribution in [0.15, 0.2) is 0 Å². The highest BCUT2D eigenvalue weighted by atomic mass is 16.4. The molecular formula is C10H18O3. The zero-order valence-corrected chi connectivity index (χ0v) is 8.41. The molecule has 3 nitrogen and oxygen atoms in total. The maximum Gasteiger partial charge on any atom is 0.0987 e. The summed E-state index contributed by atoms with van der Waals surface area (Å²) in [5.41, 5.74) is -1.85. The van der Waals surface area contributed by atoms with Gasteiger partial charge in [-0.15, -0.1) is 0 Å². The van der Waals surface area contributed by atoms with E-state index in [0.29, 0.717) is 12.8 Å². The fourth-order valence-electron chi connectivity index (χ4n) is 3.20. The summed E-state index contributed by atoms with van der Waals surface area (Å²) in [6.07, 6.45) is -0.373. The highest BCUT2D eigenvalue weighted by molar-refractivity contribution is 5.22. The Morgan fingerprint density at radius 2 is 1.54 bits per heavy atom. The Hall–Kier alpha value is -0.120. The minimum absolute atomic E-state index is 0.303. The van der Waals surface area contributed by atoms with E-state index in [1.807, 2.05) is 20.8 Å². The molecule has 2 saturated carbocycles. The molecule has 0 amide bonds. The van der Waals surface area contributed by atoms with Crippen LogP contribution in [0.4, 0.5) is 0 Å². The molecule has 0 unspecified atom stereocenters. The Bertz CT molecular complexity index is 221. The van der Waals surface area contributed by atoms with Crippen LogP contribution >= 0.6 is 0 Å². The molecule has 4 atom stereocenters. The molecule has 2 fully saturated rings. The van der Waals surface area contributed by atoms with Crippen LogP contribution in [-0.4, -0.2) is 33.1 Å². The second-order valence-corrected chi connectivity index (χ2v) is 5.41. The molecular weight excluding hydrogens is 168 g/mol. The molecule has 2 aliphatic carbocycles. The first kappa shape index (κ1) is 9.44. The standard InChI is InChI=1S/C10H18O3/c1-8(2)9(3)4-7(12)10(8,13)5-6(9)11/h6-7,11-13H,4-5H2,1-3H3/t6-,7+,9-,10+/m1/s1. The lowest BCUT2D eigenvalue weighted by molar-refractivity contribution is -0.109. The van der Waals surface area contributed by atoms with Crippen LogP contribution in [0.1, 0.15) is 33.6 Å². The Balaban J connectivity index is 2.52. The van der Waals surface area contributed by atoms with Crippen molar-refractivity contribution < 1.29 is 15.3 Å². The molecule has 13 heavy (non-hydrogen) atoms. The summed E-state index contributed by atoms with van der Waals surface area (Å²) in [6, 6.07) is 0. The van der Waals surface area contributed by atoms with Crippen molar-refractivity contribution in [3.63, 3.8) is 0 Å². The van der Waals surface area contributed by atoms with Gasteiger partial charge in [-0.25, -0.2) is 0 Å².